The predicted octanol–water partition coefficient (Wildman–Crippen LogP) is 3.51. The van der Waals surface area contributed by atoms with E-state index in [9.17, 15) is 17.6 Å². The Morgan fingerprint density at radius 3 is 2.70 bits per heavy atom. The van der Waals surface area contributed by atoms with Gasteiger partial charge in [-0.1, -0.05) is 6.42 Å². The quantitative estimate of drug-likeness (QED) is 0.418. The number of hydrogen-bond acceptors (Lipinski definition) is 5. The zero-order valence-electron chi connectivity index (χ0n) is 15.2. The minimum absolute atomic E-state index is 0.00420. The molecule has 0 aromatic heterocycles. The van der Waals surface area contributed by atoms with Crippen LogP contribution in [-0.2, 0) is 4.74 Å². The van der Waals surface area contributed by atoms with E-state index in [2.05, 4.69) is 10.3 Å². The Balaban J connectivity index is 2.21. The molecule has 1 saturated heterocycles. The lowest BCUT2D eigenvalue weighted by Gasteiger charge is -2.22. The van der Waals surface area contributed by atoms with E-state index in [-0.39, 0.29) is 30.0 Å². The highest BCUT2D eigenvalue weighted by atomic mass is 19.4. The number of nitrogens with one attached hydrogen (secondary N) is 1. The average Bonchev–Trinajstić information content (AvgIpc) is 2.66. The first-order valence-electron chi connectivity index (χ1n) is 8.77. The summed E-state index contributed by atoms with van der Waals surface area (Å²) in [5.41, 5.74) is 0.321. The van der Waals surface area contributed by atoms with E-state index in [1.807, 2.05) is 0 Å². The van der Waals surface area contributed by atoms with Gasteiger partial charge in [0.15, 0.2) is 6.61 Å². The molecular formula is C18H24F4N2O3. The van der Waals surface area contributed by atoms with Crippen molar-refractivity contribution in [1.82, 2.24) is 5.32 Å². The van der Waals surface area contributed by atoms with Gasteiger partial charge in [-0.2, -0.15) is 13.2 Å². The minimum atomic E-state index is -4.45. The molecule has 0 saturated carbocycles. The summed E-state index contributed by atoms with van der Waals surface area (Å²) >= 11 is 0. The van der Waals surface area contributed by atoms with Crippen LogP contribution in [0.15, 0.2) is 23.2 Å². The highest BCUT2D eigenvalue weighted by molar-refractivity contribution is 5.97. The molecule has 0 aliphatic carbocycles. The fourth-order valence-corrected chi connectivity index (χ4v) is 2.74. The molecule has 1 fully saturated rings. The minimum Gasteiger partial charge on any atom is -0.490 e. The van der Waals surface area contributed by atoms with Gasteiger partial charge < -0.3 is 19.5 Å². The van der Waals surface area contributed by atoms with Gasteiger partial charge in [0.1, 0.15) is 24.8 Å². The zero-order valence-corrected chi connectivity index (χ0v) is 15.2. The molecule has 1 aromatic carbocycles. The standard InChI is InChI=1S/C18H24F4N2O3/c1-25-17(24-11-13-4-2-3-8-23-13)15-10-14(27-12-18(20,21)22)5-6-16(15)26-9-7-19/h5-6,10,13,23H,2-4,7-9,11-12H2,1H3/b24-17-. The van der Waals surface area contributed by atoms with Crippen LogP contribution in [0.2, 0.25) is 0 Å². The second-order valence-corrected chi connectivity index (χ2v) is 6.10. The van der Waals surface area contributed by atoms with E-state index in [0.29, 0.717) is 12.1 Å². The molecule has 0 amide bonds. The number of alkyl halides is 4. The van der Waals surface area contributed by atoms with Crippen LogP contribution in [-0.4, -0.2) is 58.2 Å². The first-order chi connectivity index (χ1) is 12.9. The summed E-state index contributed by atoms with van der Waals surface area (Å²) in [6.45, 7) is -0.912. The van der Waals surface area contributed by atoms with Crippen molar-refractivity contribution in [3.8, 4) is 11.5 Å². The van der Waals surface area contributed by atoms with Crippen LogP contribution in [0.4, 0.5) is 17.6 Å². The predicted molar refractivity (Wildman–Crippen MR) is 93.5 cm³/mol. The molecule has 2 rings (SSSR count). The van der Waals surface area contributed by atoms with E-state index in [1.54, 1.807) is 0 Å². The molecule has 1 aliphatic heterocycles. The number of hydrogen-bond donors (Lipinski definition) is 1. The van der Waals surface area contributed by atoms with Crippen LogP contribution in [0, 0.1) is 0 Å². The van der Waals surface area contributed by atoms with Gasteiger partial charge in [-0.15, -0.1) is 0 Å². The van der Waals surface area contributed by atoms with Gasteiger partial charge in [-0.25, -0.2) is 9.38 Å². The second-order valence-electron chi connectivity index (χ2n) is 6.10. The van der Waals surface area contributed by atoms with Crippen molar-refractivity contribution in [3.05, 3.63) is 23.8 Å². The highest BCUT2D eigenvalue weighted by Gasteiger charge is 2.28. The molecule has 1 aromatic rings. The molecule has 9 heteroatoms. The van der Waals surface area contributed by atoms with Crippen LogP contribution >= 0.6 is 0 Å². The SMILES string of the molecule is CO/C(=N\CC1CCCCN1)c1cc(OCC(F)(F)F)ccc1OCCF. The molecular weight excluding hydrogens is 368 g/mol. The van der Waals surface area contributed by atoms with Crippen molar-refractivity contribution in [2.45, 2.75) is 31.5 Å². The molecule has 152 valence electrons. The Bertz CT molecular complexity index is 617. The monoisotopic (exact) mass is 392 g/mol. The lowest BCUT2D eigenvalue weighted by Crippen LogP contribution is -2.36. The van der Waals surface area contributed by atoms with Gasteiger partial charge >= 0.3 is 6.18 Å². The molecule has 0 spiro atoms. The van der Waals surface area contributed by atoms with E-state index < -0.39 is 19.5 Å². The Labute approximate surface area is 155 Å². The molecule has 5 nitrogen and oxygen atoms in total. The average molecular weight is 392 g/mol. The molecule has 1 heterocycles. The summed E-state index contributed by atoms with van der Waals surface area (Å²) in [5.74, 6) is 0.466. The topological polar surface area (TPSA) is 52.1 Å². The number of halogens is 4. The number of aliphatic imine (C=N–C) groups is 1. The van der Waals surface area contributed by atoms with E-state index >= 15 is 0 Å². The lowest BCUT2D eigenvalue weighted by atomic mass is 10.1. The molecule has 27 heavy (non-hydrogen) atoms. The molecule has 0 radical (unpaired) electrons. The van der Waals surface area contributed by atoms with Crippen molar-refractivity contribution in [2.24, 2.45) is 4.99 Å². The largest absolute Gasteiger partial charge is 0.490 e. The summed E-state index contributed by atoms with van der Waals surface area (Å²) < 4.78 is 65.1. The second kappa shape index (κ2) is 10.3. The summed E-state index contributed by atoms with van der Waals surface area (Å²) in [6.07, 6.45) is -1.23. The number of nitrogens with zero attached hydrogens (tertiary/aromatic N) is 1. The first-order valence-corrected chi connectivity index (χ1v) is 8.77. The third kappa shape index (κ3) is 7.24. The van der Waals surface area contributed by atoms with E-state index in [4.69, 9.17) is 14.2 Å². The number of piperidine rings is 1. The summed E-state index contributed by atoms with van der Waals surface area (Å²) in [5, 5.41) is 3.35. The van der Waals surface area contributed by atoms with Gasteiger partial charge in [0.2, 0.25) is 5.90 Å². The van der Waals surface area contributed by atoms with Crippen LogP contribution in [0.3, 0.4) is 0 Å². The molecule has 1 N–H and O–H groups in total. The van der Waals surface area contributed by atoms with E-state index in [1.165, 1.54) is 25.3 Å². The molecule has 1 aliphatic rings. The number of rotatable bonds is 8. The van der Waals surface area contributed by atoms with Gasteiger partial charge in [-0.05, 0) is 37.6 Å². The highest BCUT2D eigenvalue weighted by Crippen LogP contribution is 2.27. The summed E-state index contributed by atoms with van der Waals surface area (Å²) in [4.78, 5) is 4.44. The third-order valence-electron chi connectivity index (χ3n) is 3.98. The van der Waals surface area contributed by atoms with Gasteiger partial charge in [0.05, 0.1) is 19.2 Å². The number of methoxy groups -OCH3 is 1. The van der Waals surface area contributed by atoms with Crippen LogP contribution in [0.1, 0.15) is 24.8 Å². The molecule has 1 atom stereocenters. The van der Waals surface area contributed by atoms with Crippen molar-refractivity contribution < 1.29 is 31.8 Å². The first kappa shape index (κ1) is 21.3. The maximum atomic E-state index is 12.5. The lowest BCUT2D eigenvalue weighted by molar-refractivity contribution is -0.153. The molecule has 1 unspecified atom stereocenters. The van der Waals surface area contributed by atoms with Crippen molar-refractivity contribution in [1.29, 1.82) is 0 Å². The van der Waals surface area contributed by atoms with E-state index in [0.717, 1.165) is 25.8 Å². The maximum absolute atomic E-state index is 12.5. The smallest absolute Gasteiger partial charge is 0.422 e. The van der Waals surface area contributed by atoms with Crippen LogP contribution in [0.5, 0.6) is 11.5 Å². The summed E-state index contributed by atoms with van der Waals surface area (Å²) in [6, 6.07) is 4.32. The van der Waals surface area contributed by atoms with Crippen molar-refractivity contribution in [3.63, 3.8) is 0 Å². The normalized spacial score (nSPS) is 18.3. The van der Waals surface area contributed by atoms with Crippen LogP contribution in [0.25, 0.3) is 0 Å². The fraction of sp³-hybridized carbons (Fsp3) is 0.611. The Hall–Kier alpha value is -2.03. The number of ether oxygens (including phenoxy) is 3. The third-order valence-corrected chi connectivity index (χ3v) is 3.98. The maximum Gasteiger partial charge on any atom is 0.422 e. The Kier molecular flexibility index (Phi) is 8.15. The van der Waals surface area contributed by atoms with Gasteiger partial charge in [0, 0.05) is 6.04 Å². The fourth-order valence-electron chi connectivity index (χ4n) is 2.74. The Morgan fingerprint density at radius 2 is 2.07 bits per heavy atom. The van der Waals surface area contributed by atoms with Gasteiger partial charge in [-0.3, -0.25) is 0 Å². The van der Waals surface area contributed by atoms with Crippen molar-refractivity contribution >= 4 is 5.90 Å². The summed E-state index contributed by atoms with van der Waals surface area (Å²) in [7, 11) is 1.41. The van der Waals surface area contributed by atoms with Crippen LogP contribution < -0.4 is 14.8 Å². The Morgan fingerprint density at radius 1 is 1.26 bits per heavy atom. The molecule has 0 bridgehead atoms. The zero-order chi connectivity index (χ0) is 19.7. The van der Waals surface area contributed by atoms with Crippen molar-refractivity contribution in [2.75, 3.05) is 40.1 Å². The van der Waals surface area contributed by atoms with Gasteiger partial charge in [0.25, 0.3) is 0 Å². The number of benzene rings is 1.